The molecule has 148 valence electrons. The number of rotatable bonds is 9. The van der Waals surface area contributed by atoms with Gasteiger partial charge in [0.15, 0.2) is 0 Å². The minimum Gasteiger partial charge on any atom is -0.495 e. The predicted molar refractivity (Wildman–Crippen MR) is 97.6 cm³/mol. The van der Waals surface area contributed by atoms with Gasteiger partial charge in [-0.2, -0.15) is 4.31 Å². The van der Waals surface area contributed by atoms with E-state index in [9.17, 15) is 17.6 Å². The molecule has 0 aliphatic heterocycles. The van der Waals surface area contributed by atoms with Gasteiger partial charge >= 0.3 is 0 Å². The van der Waals surface area contributed by atoms with Crippen molar-refractivity contribution in [2.45, 2.75) is 17.0 Å². The number of nitrogens with zero attached hydrogens (tertiary/aromatic N) is 3. The van der Waals surface area contributed by atoms with E-state index >= 15 is 0 Å². The number of carbonyl (C=O) groups is 1. The number of thioether (sulfide) groups is 1. The summed E-state index contributed by atoms with van der Waals surface area (Å²) in [6.07, 6.45) is 0. The minimum absolute atomic E-state index is 0.00172. The number of hydrogen-bond acceptors (Lipinski definition) is 7. The molecule has 1 amide bonds. The molecule has 0 fully saturated rings. The summed E-state index contributed by atoms with van der Waals surface area (Å²) in [5.41, 5.74) is 0. The third-order valence-corrected chi connectivity index (χ3v) is 6.09. The van der Waals surface area contributed by atoms with Crippen molar-refractivity contribution in [3.05, 3.63) is 29.8 Å². The van der Waals surface area contributed by atoms with Crippen LogP contribution in [-0.2, 0) is 14.8 Å². The summed E-state index contributed by atoms with van der Waals surface area (Å²) in [4.78, 5) is 15.8. The lowest BCUT2D eigenvalue weighted by Crippen LogP contribution is -2.39. The van der Waals surface area contributed by atoms with Crippen molar-refractivity contribution < 1.29 is 22.3 Å². The van der Waals surface area contributed by atoms with Crippen molar-refractivity contribution in [1.29, 1.82) is 0 Å². The van der Waals surface area contributed by atoms with Gasteiger partial charge < -0.3 is 10.1 Å². The number of amides is 1. The second kappa shape index (κ2) is 9.15. The quantitative estimate of drug-likeness (QED) is 0.457. The van der Waals surface area contributed by atoms with E-state index in [1.807, 2.05) is 0 Å². The first-order valence-electron chi connectivity index (χ1n) is 7.82. The monoisotopic (exact) mass is 417 g/mol. The smallest absolute Gasteiger partial charge is 0.247 e. The van der Waals surface area contributed by atoms with Crippen molar-refractivity contribution in [2.24, 2.45) is 0 Å². The first kappa shape index (κ1) is 21.1. The highest BCUT2D eigenvalue weighted by molar-refractivity contribution is 7.99. The van der Waals surface area contributed by atoms with Gasteiger partial charge in [0.25, 0.3) is 0 Å². The number of hydrogen-bond donors (Lipinski definition) is 2. The molecule has 9 nitrogen and oxygen atoms in total. The number of sulfonamides is 1. The molecule has 1 aromatic carbocycles. The molecule has 0 saturated heterocycles. The summed E-state index contributed by atoms with van der Waals surface area (Å²) in [5.74, 6) is 0.0229. The third kappa shape index (κ3) is 5.65. The van der Waals surface area contributed by atoms with Crippen LogP contribution in [0.3, 0.4) is 0 Å². The number of aromatic amines is 1. The number of nitrogens with one attached hydrogen (secondary N) is 2. The zero-order valence-electron chi connectivity index (χ0n) is 15.0. The van der Waals surface area contributed by atoms with E-state index in [0.29, 0.717) is 23.3 Å². The first-order valence-corrected chi connectivity index (χ1v) is 10.2. The van der Waals surface area contributed by atoms with Gasteiger partial charge in [0.05, 0.1) is 13.7 Å². The molecule has 12 heteroatoms. The Morgan fingerprint density at radius 1 is 1.44 bits per heavy atom. The summed E-state index contributed by atoms with van der Waals surface area (Å²) in [6, 6.07) is 3.17. The summed E-state index contributed by atoms with van der Waals surface area (Å²) >= 11 is 1.35. The number of aromatic nitrogens is 3. The van der Waals surface area contributed by atoms with Crippen LogP contribution in [0, 0.1) is 12.7 Å². The van der Waals surface area contributed by atoms with Crippen molar-refractivity contribution in [1.82, 2.24) is 24.8 Å². The van der Waals surface area contributed by atoms with Crippen LogP contribution in [0.15, 0.2) is 28.3 Å². The van der Waals surface area contributed by atoms with E-state index in [2.05, 4.69) is 20.5 Å². The van der Waals surface area contributed by atoms with Crippen LogP contribution in [0.25, 0.3) is 0 Å². The van der Waals surface area contributed by atoms with E-state index in [-0.39, 0.29) is 10.6 Å². The second-order valence-electron chi connectivity index (χ2n) is 5.46. The lowest BCUT2D eigenvalue weighted by Gasteiger charge is -2.18. The van der Waals surface area contributed by atoms with Gasteiger partial charge in [0.2, 0.25) is 21.1 Å². The molecule has 2 aromatic rings. The molecule has 0 atom stereocenters. The van der Waals surface area contributed by atoms with Crippen LogP contribution in [0.5, 0.6) is 5.75 Å². The normalized spacial score (nSPS) is 11.6. The number of benzene rings is 1. The highest BCUT2D eigenvalue weighted by Gasteiger charge is 2.27. The van der Waals surface area contributed by atoms with Gasteiger partial charge in [-0.05, 0) is 25.1 Å². The van der Waals surface area contributed by atoms with Gasteiger partial charge in [-0.3, -0.25) is 9.89 Å². The van der Waals surface area contributed by atoms with E-state index in [0.717, 1.165) is 16.4 Å². The predicted octanol–water partition coefficient (Wildman–Crippen LogP) is 0.790. The molecule has 2 N–H and O–H groups in total. The van der Waals surface area contributed by atoms with Gasteiger partial charge in [0, 0.05) is 19.3 Å². The zero-order valence-corrected chi connectivity index (χ0v) is 16.7. The Bertz CT molecular complexity index is 903. The summed E-state index contributed by atoms with van der Waals surface area (Å²) < 4.78 is 44.5. The number of likely N-dealkylation sites (N-methyl/N-ethyl adjacent to an activating group) is 1. The van der Waals surface area contributed by atoms with Crippen molar-refractivity contribution in [3.8, 4) is 5.75 Å². The molecule has 0 aliphatic carbocycles. The Hall–Kier alpha value is -2.18. The fourth-order valence-corrected chi connectivity index (χ4v) is 4.07. The average molecular weight is 417 g/mol. The zero-order chi connectivity index (χ0) is 20.0. The maximum absolute atomic E-state index is 13.5. The molecule has 0 spiro atoms. The largest absolute Gasteiger partial charge is 0.495 e. The van der Waals surface area contributed by atoms with Crippen LogP contribution in [0.2, 0.25) is 0 Å². The maximum atomic E-state index is 13.5. The molecule has 0 bridgehead atoms. The van der Waals surface area contributed by atoms with Crippen molar-refractivity contribution in [3.63, 3.8) is 0 Å². The molecule has 2 rings (SSSR count). The molecular weight excluding hydrogens is 397 g/mol. The van der Waals surface area contributed by atoms with E-state index in [1.165, 1.54) is 32.0 Å². The molecule has 0 radical (unpaired) electrons. The highest BCUT2D eigenvalue weighted by Crippen LogP contribution is 2.26. The Morgan fingerprint density at radius 2 is 2.19 bits per heavy atom. The number of methoxy groups -OCH3 is 1. The maximum Gasteiger partial charge on any atom is 0.247 e. The summed E-state index contributed by atoms with van der Waals surface area (Å²) in [7, 11) is -1.57. The fourth-order valence-electron chi connectivity index (χ4n) is 2.08. The van der Waals surface area contributed by atoms with Gasteiger partial charge in [-0.1, -0.05) is 11.8 Å². The number of H-pyrrole nitrogens is 1. The lowest BCUT2D eigenvalue weighted by molar-refractivity contribution is -0.121. The fraction of sp³-hybridized carbons (Fsp3) is 0.400. The Labute approximate surface area is 160 Å². The minimum atomic E-state index is -4.09. The van der Waals surface area contributed by atoms with E-state index < -0.39 is 28.3 Å². The third-order valence-electron chi connectivity index (χ3n) is 3.41. The Kier molecular flexibility index (Phi) is 7.16. The van der Waals surface area contributed by atoms with Crippen LogP contribution in [0.1, 0.15) is 5.82 Å². The highest BCUT2D eigenvalue weighted by atomic mass is 32.2. The number of ether oxygens (including phenoxy) is 1. The van der Waals surface area contributed by atoms with Crippen LogP contribution < -0.4 is 10.1 Å². The lowest BCUT2D eigenvalue weighted by atomic mass is 10.3. The average Bonchev–Trinajstić information content (AvgIpc) is 3.03. The standard InChI is InChI=1S/C15H20FN5O4S2/c1-10-18-15(20-19-10)26-7-6-17-14(22)9-21(2)27(23,24)13-8-11(16)4-5-12(13)25-3/h4-5,8H,6-7,9H2,1-3H3,(H,17,22)(H,18,19,20). The Morgan fingerprint density at radius 3 is 2.81 bits per heavy atom. The number of aryl methyl sites for hydroxylation is 1. The summed E-state index contributed by atoms with van der Waals surface area (Å²) in [5, 5.41) is 9.85. The molecule has 0 aliphatic rings. The molecule has 1 heterocycles. The summed E-state index contributed by atoms with van der Waals surface area (Å²) in [6.45, 7) is 1.68. The van der Waals surface area contributed by atoms with E-state index in [1.54, 1.807) is 6.92 Å². The molecule has 0 unspecified atom stereocenters. The molecule has 0 saturated carbocycles. The molecule has 1 aromatic heterocycles. The Balaban J connectivity index is 1.90. The van der Waals surface area contributed by atoms with Crippen LogP contribution >= 0.6 is 11.8 Å². The van der Waals surface area contributed by atoms with Crippen LogP contribution in [-0.4, -0.2) is 66.8 Å². The van der Waals surface area contributed by atoms with Gasteiger partial charge in [0.1, 0.15) is 22.3 Å². The first-order chi connectivity index (χ1) is 12.7. The van der Waals surface area contributed by atoms with Crippen molar-refractivity contribution >= 4 is 27.7 Å². The van der Waals surface area contributed by atoms with Crippen LogP contribution in [0.4, 0.5) is 4.39 Å². The SMILES string of the molecule is COc1ccc(F)cc1S(=O)(=O)N(C)CC(=O)NCCSc1n[nH]c(C)n1. The number of carbonyl (C=O) groups excluding carboxylic acids is 1. The van der Waals surface area contributed by atoms with Crippen molar-refractivity contribution in [2.75, 3.05) is 33.0 Å². The number of halogens is 1. The molecule has 27 heavy (non-hydrogen) atoms. The van der Waals surface area contributed by atoms with E-state index in [4.69, 9.17) is 4.74 Å². The van der Waals surface area contributed by atoms with Gasteiger partial charge in [-0.15, -0.1) is 5.10 Å². The second-order valence-corrected chi connectivity index (χ2v) is 8.53. The molecular formula is C15H20FN5O4S2. The van der Waals surface area contributed by atoms with Gasteiger partial charge in [-0.25, -0.2) is 17.8 Å². The topological polar surface area (TPSA) is 117 Å².